The second-order valence-corrected chi connectivity index (χ2v) is 5.20. The van der Waals surface area contributed by atoms with Crippen molar-refractivity contribution in [3.05, 3.63) is 57.7 Å². The molecule has 0 saturated carbocycles. The summed E-state index contributed by atoms with van der Waals surface area (Å²) in [6.07, 6.45) is 1.57. The molecule has 5 nitrogen and oxygen atoms in total. The van der Waals surface area contributed by atoms with Gasteiger partial charge in [0.1, 0.15) is 5.82 Å². The van der Waals surface area contributed by atoms with Crippen molar-refractivity contribution in [2.24, 2.45) is 0 Å². The number of hydrogen-bond donors (Lipinski definition) is 2. The highest BCUT2D eigenvalue weighted by Crippen LogP contribution is 2.22. The molecule has 0 bridgehead atoms. The van der Waals surface area contributed by atoms with Crippen molar-refractivity contribution in [2.45, 2.75) is 6.54 Å². The topological polar surface area (TPSA) is 75.1 Å². The number of carbonyl (C=O) groups is 1. The van der Waals surface area contributed by atoms with E-state index in [0.29, 0.717) is 28.0 Å². The van der Waals surface area contributed by atoms with Crippen molar-refractivity contribution in [3.8, 4) is 0 Å². The Labute approximate surface area is 137 Å². The molecule has 0 spiro atoms. The molecule has 0 unspecified atom stereocenters. The van der Waals surface area contributed by atoms with Crippen molar-refractivity contribution in [3.63, 3.8) is 0 Å². The summed E-state index contributed by atoms with van der Waals surface area (Å²) < 4.78 is 4.56. The van der Waals surface area contributed by atoms with Gasteiger partial charge in [0, 0.05) is 28.4 Å². The van der Waals surface area contributed by atoms with Crippen LogP contribution >= 0.6 is 23.2 Å². The highest BCUT2D eigenvalue weighted by molar-refractivity contribution is 6.43. The highest BCUT2D eigenvalue weighted by atomic mass is 35.5. The Morgan fingerprint density at radius 3 is 2.82 bits per heavy atom. The molecule has 0 amide bonds. The van der Waals surface area contributed by atoms with Crippen molar-refractivity contribution >= 4 is 40.7 Å². The van der Waals surface area contributed by atoms with Gasteiger partial charge in [0.2, 0.25) is 0 Å². The number of aromatic nitrogens is 1. The largest absolute Gasteiger partial charge is 0.464 e. The summed E-state index contributed by atoms with van der Waals surface area (Å²) in [5.74, 6) is -0.315. The first-order chi connectivity index (χ1) is 10.5. The average Bonchev–Trinajstić information content (AvgIpc) is 2.53. The minimum atomic E-state index is -0.722. The van der Waals surface area contributed by atoms with E-state index in [0.717, 1.165) is 5.56 Å². The summed E-state index contributed by atoms with van der Waals surface area (Å²) in [5.41, 5.74) is 0.923. The van der Waals surface area contributed by atoms with Crippen molar-refractivity contribution in [2.75, 3.05) is 12.4 Å². The van der Waals surface area contributed by atoms with Crippen molar-refractivity contribution in [1.82, 2.24) is 4.98 Å². The van der Waals surface area contributed by atoms with Crippen LogP contribution in [0.4, 0.5) is 5.82 Å². The minimum absolute atomic E-state index is 0.264. The van der Waals surface area contributed by atoms with E-state index in [1.807, 2.05) is 0 Å². The molecule has 22 heavy (non-hydrogen) atoms. The van der Waals surface area contributed by atoms with E-state index in [9.17, 15) is 4.79 Å². The Morgan fingerprint density at radius 2 is 2.14 bits per heavy atom. The molecule has 7 heteroatoms. The quantitative estimate of drug-likeness (QED) is 0.646. The van der Waals surface area contributed by atoms with Gasteiger partial charge in [-0.05, 0) is 29.8 Å². The first-order valence-electron chi connectivity index (χ1n) is 6.33. The van der Waals surface area contributed by atoms with Gasteiger partial charge in [-0.3, -0.25) is 5.41 Å². The number of pyridine rings is 1. The number of halogens is 2. The number of benzene rings is 1. The maximum absolute atomic E-state index is 11.5. The maximum Gasteiger partial charge on any atom is 0.356 e. The predicted octanol–water partition coefficient (Wildman–Crippen LogP) is 3.54. The average molecular weight is 338 g/mol. The lowest BCUT2D eigenvalue weighted by Crippen LogP contribution is -2.18. The normalized spacial score (nSPS) is 10.1. The Hall–Kier alpha value is -2.11. The molecule has 1 aromatic heterocycles. The zero-order chi connectivity index (χ0) is 16.1. The number of ether oxygens (including phenoxy) is 1. The van der Waals surface area contributed by atoms with E-state index in [1.54, 1.807) is 36.5 Å². The van der Waals surface area contributed by atoms with Gasteiger partial charge in [-0.25, -0.2) is 9.78 Å². The number of rotatable bonds is 5. The van der Waals surface area contributed by atoms with Gasteiger partial charge < -0.3 is 10.1 Å². The zero-order valence-electron chi connectivity index (χ0n) is 11.7. The van der Waals surface area contributed by atoms with Gasteiger partial charge in [-0.1, -0.05) is 29.3 Å². The Morgan fingerprint density at radius 1 is 1.36 bits per heavy atom. The molecule has 2 rings (SSSR count). The van der Waals surface area contributed by atoms with Crippen LogP contribution in [0, 0.1) is 5.41 Å². The number of hydrogen-bond acceptors (Lipinski definition) is 5. The number of carbonyl (C=O) groups excluding carboxylic acids is 1. The lowest BCUT2D eigenvalue weighted by Gasteiger charge is -2.11. The van der Waals surface area contributed by atoms with E-state index in [4.69, 9.17) is 28.6 Å². The summed E-state index contributed by atoms with van der Waals surface area (Å²) >= 11 is 12.0. The summed E-state index contributed by atoms with van der Waals surface area (Å²) in [5, 5.41) is 12.0. The van der Waals surface area contributed by atoms with Gasteiger partial charge >= 0.3 is 5.97 Å². The van der Waals surface area contributed by atoms with Crippen LogP contribution in [0.25, 0.3) is 0 Å². The zero-order valence-corrected chi connectivity index (χ0v) is 13.2. The van der Waals surface area contributed by atoms with Crippen LogP contribution in [-0.2, 0) is 16.1 Å². The summed E-state index contributed by atoms with van der Waals surface area (Å²) in [4.78, 5) is 15.6. The van der Waals surface area contributed by atoms with E-state index in [-0.39, 0.29) is 5.71 Å². The molecule has 0 aliphatic carbocycles. The van der Waals surface area contributed by atoms with E-state index in [1.165, 1.54) is 7.11 Å². The third kappa shape index (κ3) is 3.75. The van der Waals surface area contributed by atoms with Crippen LogP contribution in [0.2, 0.25) is 10.0 Å². The van der Waals surface area contributed by atoms with Crippen molar-refractivity contribution < 1.29 is 9.53 Å². The fourth-order valence-electron chi connectivity index (χ4n) is 1.80. The molecule has 1 aromatic carbocycles. The fraction of sp³-hybridized carbons (Fsp3) is 0.133. The molecule has 0 aliphatic heterocycles. The molecule has 2 aromatic rings. The summed E-state index contributed by atoms with van der Waals surface area (Å²) in [7, 11) is 1.23. The second-order valence-electron chi connectivity index (χ2n) is 4.36. The van der Waals surface area contributed by atoms with Crippen molar-refractivity contribution in [1.29, 1.82) is 5.41 Å². The minimum Gasteiger partial charge on any atom is -0.464 e. The predicted molar refractivity (Wildman–Crippen MR) is 86.9 cm³/mol. The third-order valence-corrected chi connectivity index (χ3v) is 3.51. The van der Waals surface area contributed by atoms with Crippen LogP contribution in [-0.4, -0.2) is 23.8 Å². The Balaban J connectivity index is 2.20. The first-order valence-corrected chi connectivity index (χ1v) is 7.08. The molecule has 114 valence electrons. The van der Waals surface area contributed by atoms with Crippen LogP contribution in [0.15, 0.2) is 36.5 Å². The maximum atomic E-state index is 11.5. The molecule has 0 radical (unpaired) electrons. The Kier molecular flexibility index (Phi) is 5.35. The lowest BCUT2D eigenvalue weighted by atomic mass is 10.1. The lowest BCUT2D eigenvalue weighted by molar-refractivity contribution is -0.132. The second kappa shape index (κ2) is 7.24. The van der Waals surface area contributed by atoms with Gasteiger partial charge in [0.05, 0.1) is 7.11 Å². The summed E-state index contributed by atoms with van der Waals surface area (Å²) in [6.45, 7) is 0.383. The summed E-state index contributed by atoms with van der Waals surface area (Å²) in [6, 6.07) is 8.45. The molecule has 0 atom stereocenters. The molecule has 0 saturated heterocycles. The fourth-order valence-corrected chi connectivity index (χ4v) is 2.28. The molecule has 0 aliphatic rings. The van der Waals surface area contributed by atoms with Gasteiger partial charge in [-0.2, -0.15) is 0 Å². The van der Waals surface area contributed by atoms with Gasteiger partial charge in [-0.15, -0.1) is 0 Å². The van der Waals surface area contributed by atoms with Crippen LogP contribution in [0.3, 0.4) is 0 Å². The SMILES string of the molecule is COC(=O)C(=N)c1cccnc1NCc1ccc(Cl)cc1Cl. The van der Waals surface area contributed by atoms with E-state index < -0.39 is 5.97 Å². The Bertz CT molecular complexity index is 720. The molecule has 0 fully saturated rings. The monoisotopic (exact) mass is 337 g/mol. The number of nitrogens with one attached hydrogen (secondary N) is 2. The van der Waals surface area contributed by atoms with Crippen LogP contribution < -0.4 is 5.32 Å². The van der Waals surface area contributed by atoms with Gasteiger partial charge in [0.25, 0.3) is 0 Å². The standard InChI is InChI=1S/C15H13Cl2N3O2/c1-22-15(21)13(18)11-3-2-6-19-14(11)20-8-9-4-5-10(16)7-12(9)17/h2-7,18H,8H2,1H3,(H,19,20). The molecule has 2 N–H and O–H groups in total. The van der Waals surface area contributed by atoms with E-state index >= 15 is 0 Å². The number of anilines is 1. The first kappa shape index (κ1) is 16.3. The third-order valence-electron chi connectivity index (χ3n) is 2.93. The van der Waals surface area contributed by atoms with Gasteiger partial charge in [0.15, 0.2) is 5.71 Å². The number of methoxy groups -OCH3 is 1. The number of esters is 1. The molecular weight excluding hydrogens is 325 g/mol. The molecule has 1 heterocycles. The smallest absolute Gasteiger partial charge is 0.356 e. The number of nitrogens with zero attached hydrogens (tertiary/aromatic N) is 1. The van der Waals surface area contributed by atoms with Crippen LogP contribution in [0.1, 0.15) is 11.1 Å². The van der Waals surface area contributed by atoms with E-state index in [2.05, 4.69) is 15.0 Å². The molecular formula is C15H13Cl2N3O2. The highest BCUT2D eigenvalue weighted by Gasteiger charge is 2.16. The van der Waals surface area contributed by atoms with Crippen LogP contribution in [0.5, 0.6) is 0 Å².